The number of imidazole rings is 3. The molecule has 0 amide bonds. The first-order valence-corrected chi connectivity index (χ1v) is 23.2. The van der Waals surface area contributed by atoms with Crippen molar-refractivity contribution in [3.63, 3.8) is 0 Å². The van der Waals surface area contributed by atoms with Crippen LogP contribution in [0.3, 0.4) is 0 Å². The lowest BCUT2D eigenvalue weighted by Gasteiger charge is -2.16. The maximum absolute atomic E-state index is 14.1. The van der Waals surface area contributed by atoms with E-state index in [1.54, 1.807) is 22.4 Å². The van der Waals surface area contributed by atoms with Gasteiger partial charge < -0.3 is 87.8 Å². The van der Waals surface area contributed by atoms with Crippen LogP contribution in [-0.2, 0) is 18.9 Å². The van der Waals surface area contributed by atoms with Crippen LogP contribution in [0, 0.1) is 6.92 Å². The van der Waals surface area contributed by atoms with E-state index in [-0.39, 0.29) is 52.4 Å². The molecule has 32 nitrogen and oxygen atoms in total. The number of nitrogen functional groups attached to an aromatic ring is 4. The molecule has 14 atom stereocenters. The highest BCUT2D eigenvalue weighted by atomic mass is 35.5. The van der Waals surface area contributed by atoms with Crippen LogP contribution in [0.2, 0.25) is 10.6 Å². The summed E-state index contributed by atoms with van der Waals surface area (Å²) in [5.74, 6) is 1.16. The number of aromatic nitrogens is 14. The van der Waals surface area contributed by atoms with Crippen molar-refractivity contribution < 1.29 is 69.3 Å². The molecule has 4 aliphatic heterocycles. The molecule has 11 heterocycles. The first-order valence-electron chi connectivity index (χ1n) is 22.5. The topological polar surface area (TPSA) is 489 Å². The van der Waals surface area contributed by atoms with Gasteiger partial charge in [0.05, 0.1) is 57.6 Å². The van der Waals surface area contributed by atoms with Crippen molar-refractivity contribution in [2.24, 2.45) is 0 Å². The van der Waals surface area contributed by atoms with E-state index in [1.807, 2.05) is 0 Å². The molecular formula is C40H51Cl2FN18O14. The number of rotatable bonds is 8. The third-order valence-electron chi connectivity index (χ3n) is 12.2. The highest BCUT2D eigenvalue weighted by Gasteiger charge is 2.46. The van der Waals surface area contributed by atoms with Crippen molar-refractivity contribution in [2.75, 3.05) is 49.4 Å². The van der Waals surface area contributed by atoms with Gasteiger partial charge >= 0.3 is 5.69 Å². The van der Waals surface area contributed by atoms with Gasteiger partial charge in [-0.1, -0.05) is 0 Å². The Kier molecular flexibility index (Phi) is 16.8. The Labute approximate surface area is 429 Å². The molecule has 2 unspecified atom stereocenters. The van der Waals surface area contributed by atoms with E-state index in [9.17, 15) is 34.7 Å². The fraction of sp³-hybridized carbons (Fsp3) is 0.525. The molecular weight excluding hydrogens is 1050 g/mol. The van der Waals surface area contributed by atoms with Gasteiger partial charge in [-0.15, -0.1) is 0 Å². The third-order valence-corrected chi connectivity index (χ3v) is 12.5. The van der Waals surface area contributed by atoms with Gasteiger partial charge in [-0.2, -0.15) is 24.9 Å². The highest BCUT2D eigenvalue weighted by Crippen LogP contribution is 2.36. The smallest absolute Gasteiger partial charge is 0.351 e. The van der Waals surface area contributed by atoms with Crippen LogP contribution < -0.4 is 28.6 Å². The van der Waals surface area contributed by atoms with E-state index < -0.39 is 105 Å². The maximum atomic E-state index is 14.1. The zero-order chi connectivity index (χ0) is 54.2. The second-order valence-corrected chi connectivity index (χ2v) is 17.7. The standard InChI is InChI=1S/C11H15N5O3.C10H11ClFN5O3.C10H12ClN5O3.C9H13N3O5/c1-5-14-10(12)9-11(15-5)16(4-13-9)8-2-6(18)7(3-17)19-8;11-10-15-7(13)5-8(16-10)17(2-14-5)9-4(12)6(19)3(1-18)20-9;11-10-14-8(12)7-9(15-10)16(3-13-7)6-1-4(18)5(2-17)19-6;10-5-1-2-12(9(16)11-5)8-7(15)6(14)4(3-13)17-8/h4,6-8,17-18H,2-3H2,1H3,(H2,12,14,15);2-4,6,9,18-19H,1H2,(H2,13,15,16);3-6,17-18H,1-2H2,(H2,12,14,15);1-2,4,6-8,13-15H,3H2,(H2,10,11,16)/t6-,7-,8-;3-,4?,6+,9-;4-,5-,6-;4-,6+,7?,8-/m1111/s1. The van der Waals surface area contributed by atoms with Crippen molar-refractivity contribution in [1.82, 2.24) is 68.1 Å². The molecule has 0 radical (unpaired) electrons. The maximum Gasteiger partial charge on any atom is 0.351 e. The summed E-state index contributed by atoms with van der Waals surface area (Å²) in [6.07, 6.45) is -7.08. The minimum atomic E-state index is -1.74. The number of anilines is 4. The van der Waals surface area contributed by atoms with Gasteiger partial charge in [0.2, 0.25) is 10.6 Å². The summed E-state index contributed by atoms with van der Waals surface area (Å²) in [7, 11) is 0. The molecule has 0 aromatic carbocycles. The van der Waals surface area contributed by atoms with E-state index >= 15 is 0 Å². The molecule has 0 spiro atoms. The Morgan fingerprint density at radius 1 is 0.573 bits per heavy atom. The van der Waals surface area contributed by atoms with Crippen molar-refractivity contribution >= 4 is 80.0 Å². The molecule has 75 heavy (non-hydrogen) atoms. The van der Waals surface area contributed by atoms with Crippen LogP contribution in [0.1, 0.15) is 43.6 Å². The zero-order valence-corrected chi connectivity index (χ0v) is 40.5. The van der Waals surface area contributed by atoms with Gasteiger partial charge in [0.1, 0.15) is 83.4 Å². The molecule has 11 rings (SSSR count). The van der Waals surface area contributed by atoms with E-state index in [0.29, 0.717) is 46.8 Å². The van der Waals surface area contributed by atoms with Crippen LogP contribution in [-0.4, -0.2) is 202 Å². The number of aliphatic hydroxyl groups is 9. The minimum absolute atomic E-state index is 0.0176. The number of hydrogen-bond acceptors (Lipinski definition) is 28. The lowest BCUT2D eigenvalue weighted by molar-refractivity contribution is -0.0549. The van der Waals surface area contributed by atoms with Crippen LogP contribution in [0.25, 0.3) is 33.5 Å². The predicted octanol–water partition coefficient (Wildman–Crippen LogP) is -3.85. The molecule has 0 bridgehead atoms. The number of hydrogen-bond donors (Lipinski definition) is 13. The zero-order valence-electron chi connectivity index (χ0n) is 39.0. The normalized spacial score (nSPS) is 29.3. The summed E-state index contributed by atoms with van der Waals surface area (Å²) >= 11 is 11.5. The van der Waals surface area contributed by atoms with Gasteiger partial charge in [-0.25, -0.2) is 34.1 Å². The molecule has 0 aliphatic carbocycles. The highest BCUT2D eigenvalue weighted by molar-refractivity contribution is 6.29. The number of aliphatic hydroxyl groups excluding tert-OH is 9. The first-order chi connectivity index (χ1) is 35.8. The van der Waals surface area contributed by atoms with Crippen LogP contribution in [0.5, 0.6) is 0 Å². The average Bonchev–Trinajstić information content (AvgIpc) is 4.26. The largest absolute Gasteiger partial charge is 0.394 e. The fourth-order valence-corrected chi connectivity index (χ4v) is 8.73. The summed E-state index contributed by atoms with van der Waals surface area (Å²) < 4.78 is 41.2. The summed E-state index contributed by atoms with van der Waals surface area (Å²) in [5.41, 5.74) is 24.2. The van der Waals surface area contributed by atoms with Crippen LogP contribution in [0.15, 0.2) is 36.0 Å². The molecule has 406 valence electrons. The second kappa shape index (κ2) is 22.9. The molecule has 4 saturated heterocycles. The number of nitrogens with two attached hydrogens (primary N) is 4. The fourth-order valence-electron chi connectivity index (χ4n) is 8.39. The Morgan fingerprint density at radius 3 is 1.47 bits per heavy atom. The Morgan fingerprint density at radius 2 is 1.01 bits per heavy atom. The van der Waals surface area contributed by atoms with Gasteiger partial charge in [0.15, 0.2) is 53.0 Å². The molecule has 7 aromatic heterocycles. The SMILES string of the molecule is Cc1nc(N)c2ncn([C@H]3C[C@@H](O)[C@@H](CO)O3)c2n1.Nc1ccn([C@@H]2O[C@H](CO)[C@H](O)C2O)c(=O)n1.Nc1nc(Cl)nc2c1ncn2[C@@H]1O[C@H](CO)[C@H](O)C1F.Nc1nc(Cl)nc2c1ncn2[C@H]1C[C@@H](O)[C@@H](CO)O1. The summed E-state index contributed by atoms with van der Waals surface area (Å²) in [4.78, 5) is 51.2. The number of aryl methyl sites for hydroxylation is 1. The Balaban J connectivity index is 0.000000133. The Hall–Kier alpha value is -6.28. The molecule has 4 aliphatic rings. The van der Waals surface area contributed by atoms with Crippen molar-refractivity contribution in [1.29, 1.82) is 0 Å². The number of alkyl halides is 1. The van der Waals surface area contributed by atoms with Crippen molar-refractivity contribution in [3.05, 3.63) is 58.1 Å². The van der Waals surface area contributed by atoms with Crippen molar-refractivity contribution in [3.8, 4) is 0 Å². The second-order valence-electron chi connectivity index (χ2n) is 17.1. The molecule has 35 heteroatoms. The molecule has 4 fully saturated rings. The van der Waals surface area contributed by atoms with E-state index in [0.717, 1.165) is 4.57 Å². The number of nitrogens with zero attached hydrogens (tertiary/aromatic N) is 14. The quantitative estimate of drug-likeness (QED) is 0.0648. The summed E-state index contributed by atoms with van der Waals surface area (Å²) in [5, 5.41) is 84.4. The van der Waals surface area contributed by atoms with Crippen LogP contribution in [0.4, 0.5) is 27.7 Å². The third kappa shape index (κ3) is 11.2. The Bertz CT molecular complexity index is 3070. The van der Waals surface area contributed by atoms with Gasteiger partial charge in [-0.05, 0) is 36.2 Å². The summed E-state index contributed by atoms with van der Waals surface area (Å²) in [6.45, 7) is 0.325. The lowest BCUT2D eigenvalue weighted by Crippen LogP contribution is -2.36. The van der Waals surface area contributed by atoms with Gasteiger partial charge in [-0.3, -0.25) is 18.3 Å². The number of ether oxygens (including phenoxy) is 4. The molecule has 7 aromatic rings. The number of fused-ring (bicyclic) bond motifs is 3. The minimum Gasteiger partial charge on any atom is -0.394 e. The van der Waals surface area contributed by atoms with E-state index in [4.69, 9.17) is 85.5 Å². The molecule has 17 N–H and O–H groups in total. The average molecular weight is 1100 g/mol. The lowest BCUT2D eigenvalue weighted by atomic mass is 10.1. The van der Waals surface area contributed by atoms with Gasteiger partial charge in [0, 0.05) is 19.0 Å². The summed E-state index contributed by atoms with van der Waals surface area (Å²) in [6, 6.07) is 1.37. The monoisotopic (exact) mass is 1100 g/mol. The van der Waals surface area contributed by atoms with Crippen LogP contribution >= 0.6 is 23.2 Å². The van der Waals surface area contributed by atoms with E-state index in [1.165, 1.54) is 29.5 Å². The van der Waals surface area contributed by atoms with E-state index in [2.05, 4.69) is 49.8 Å². The first kappa shape index (κ1) is 55.0. The predicted molar refractivity (Wildman–Crippen MR) is 255 cm³/mol. The van der Waals surface area contributed by atoms with Gasteiger partial charge in [0.25, 0.3) is 0 Å². The molecule has 0 saturated carbocycles. The number of halogens is 3. The van der Waals surface area contributed by atoms with Crippen molar-refractivity contribution in [2.45, 2.75) is 106 Å².